The standard InChI is InChI=1S/C29H38F7NO5S/c1-3-26-14-13-17-15-19(37-43(40,41)42)9-10-20(17)24(26)18(16-25(2)21(26)11-12-22(25)38)7-5-4-6-8-23(39)27(30,31)28(32,33)29(34,35)36/h3,9-10,15,18,21-24,37-39H,1,4-8,11-14,16H2,2H3,(H,40,41,42)/t18?,21?,22-,23?,24?,25-,26?/m0/s1. The normalized spacial score (nSPS) is 32.0. The molecule has 1 aromatic carbocycles. The third kappa shape index (κ3) is 5.93. The predicted molar refractivity (Wildman–Crippen MR) is 145 cm³/mol. The molecular weight excluding hydrogens is 607 g/mol. The van der Waals surface area contributed by atoms with E-state index in [9.17, 15) is 53.9 Å². The van der Waals surface area contributed by atoms with E-state index in [-0.39, 0.29) is 36.3 Å². The van der Waals surface area contributed by atoms with Crippen molar-refractivity contribution in [2.24, 2.45) is 22.7 Å². The SMILES string of the molecule is C=CC12CCc3cc(NS(=O)(=O)O)ccc3C1C(CCCCCC(O)C(F)(F)C(F)(F)C(F)(F)F)C[C@@]1(C)C2CC[C@@H]1O. The van der Waals surface area contributed by atoms with Crippen LogP contribution in [0.15, 0.2) is 30.9 Å². The van der Waals surface area contributed by atoms with Crippen molar-refractivity contribution in [2.75, 3.05) is 4.72 Å². The van der Waals surface area contributed by atoms with Gasteiger partial charge in [-0.2, -0.15) is 39.2 Å². The zero-order chi connectivity index (χ0) is 32.2. The molecular formula is C29H38F7NO5S. The van der Waals surface area contributed by atoms with Crippen molar-refractivity contribution < 1.29 is 53.9 Å². The lowest BCUT2D eigenvalue weighted by atomic mass is 9.44. The summed E-state index contributed by atoms with van der Waals surface area (Å²) in [7, 11) is -4.49. The van der Waals surface area contributed by atoms with Crippen LogP contribution in [0.25, 0.3) is 0 Å². The fourth-order valence-electron chi connectivity index (χ4n) is 8.42. The van der Waals surface area contributed by atoms with Crippen molar-refractivity contribution in [3.8, 4) is 0 Å². The molecule has 7 atom stereocenters. The minimum atomic E-state index is -6.51. The second-order valence-electron chi connectivity index (χ2n) is 12.7. The second-order valence-corrected chi connectivity index (χ2v) is 13.9. The maximum atomic E-state index is 13.8. The Morgan fingerprint density at radius 3 is 2.40 bits per heavy atom. The number of halogens is 7. The first-order valence-corrected chi connectivity index (χ1v) is 15.9. The van der Waals surface area contributed by atoms with Gasteiger partial charge in [0.15, 0.2) is 0 Å². The van der Waals surface area contributed by atoms with E-state index >= 15 is 0 Å². The average molecular weight is 646 g/mol. The minimum absolute atomic E-state index is 0.0487. The summed E-state index contributed by atoms with van der Waals surface area (Å²) in [5.74, 6) is -12.1. The summed E-state index contributed by atoms with van der Waals surface area (Å²) in [5.41, 5.74) is 1.24. The molecule has 14 heteroatoms. The molecule has 3 aliphatic rings. The maximum Gasteiger partial charge on any atom is 0.459 e. The van der Waals surface area contributed by atoms with Crippen molar-refractivity contribution in [3.05, 3.63) is 42.0 Å². The van der Waals surface area contributed by atoms with E-state index in [4.69, 9.17) is 0 Å². The summed E-state index contributed by atoms with van der Waals surface area (Å²) < 4.78 is 126. The molecule has 43 heavy (non-hydrogen) atoms. The van der Waals surface area contributed by atoms with Crippen LogP contribution in [-0.4, -0.2) is 53.4 Å². The highest BCUT2D eigenvalue weighted by molar-refractivity contribution is 7.87. The summed E-state index contributed by atoms with van der Waals surface area (Å²) in [6.45, 7) is 6.25. The van der Waals surface area contributed by atoms with Crippen LogP contribution in [0.1, 0.15) is 81.8 Å². The summed E-state index contributed by atoms with van der Waals surface area (Å²) in [6.07, 6.45) is -4.94. The van der Waals surface area contributed by atoms with Crippen molar-refractivity contribution >= 4 is 16.0 Å². The van der Waals surface area contributed by atoms with Crippen molar-refractivity contribution in [1.29, 1.82) is 0 Å². The first kappa shape index (κ1) is 34.0. The molecule has 0 radical (unpaired) electrons. The number of benzene rings is 1. The topological polar surface area (TPSA) is 107 Å². The van der Waals surface area contributed by atoms with E-state index < -0.39 is 57.8 Å². The van der Waals surface area contributed by atoms with Crippen LogP contribution >= 0.6 is 0 Å². The molecule has 0 aliphatic heterocycles. The number of anilines is 1. The summed E-state index contributed by atoms with van der Waals surface area (Å²) in [6, 6.07) is 5.03. The molecule has 0 aromatic heterocycles. The Labute approximate surface area is 246 Å². The number of alkyl halides is 7. The lowest BCUT2D eigenvalue weighted by Crippen LogP contribution is -2.57. The third-order valence-electron chi connectivity index (χ3n) is 10.4. The molecule has 6 nitrogen and oxygen atoms in total. The van der Waals surface area contributed by atoms with Gasteiger partial charge < -0.3 is 10.2 Å². The van der Waals surface area contributed by atoms with Gasteiger partial charge in [-0.25, -0.2) is 0 Å². The number of aliphatic hydroxyl groups is 2. The summed E-state index contributed by atoms with van der Waals surface area (Å²) in [5, 5.41) is 20.6. The molecule has 3 aliphatic carbocycles. The average Bonchev–Trinajstić information content (AvgIpc) is 3.20. The Morgan fingerprint density at radius 2 is 1.79 bits per heavy atom. The van der Waals surface area contributed by atoms with E-state index in [1.807, 2.05) is 12.1 Å². The van der Waals surface area contributed by atoms with Gasteiger partial charge in [0.05, 0.1) is 11.8 Å². The first-order valence-electron chi connectivity index (χ1n) is 14.4. The van der Waals surface area contributed by atoms with Crippen LogP contribution in [0.5, 0.6) is 0 Å². The Balaban J connectivity index is 1.53. The number of allylic oxidation sites excluding steroid dienone is 1. The molecule has 0 saturated heterocycles. The smallest absolute Gasteiger partial charge is 0.393 e. The summed E-state index contributed by atoms with van der Waals surface area (Å²) in [4.78, 5) is 0. The van der Waals surface area contributed by atoms with E-state index in [0.717, 1.165) is 17.5 Å². The molecule has 1 aromatic rings. The zero-order valence-corrected chi connectivity index (χ0v) is 24.5. The number of aliphatic hydroxyl groups excluding tert-OH is 2. The van der Waals surface area contributed by atoms with E-state index in [2.05, 4.69) is 18.2 Å². The lowest BCUT2D eigenvalue weighted by molar-refractivity contribution is -0.371. The number of fused-ring (bicyclic) bond motifs is 5. The summed E-state index contributed by atoms with van der Waals surface area (Å²) >= 11 is 0. The Morgan fingerprint density at radius 1 is 1.12 bits per heavy atom. The van der Waals surface area contributed by atoms with Gasteiger partial charge in [-0.05, 0) is 96.8 Å². The number of aryl methyl sites for hydroxylation is 1. The molecule has 0 bridgehead atoms. The third-order valence-corrected chi connectivity index (χ3v) is 10.9. The molecule has 4 rings (SSSR count). The lowest BCUT2D eigenvalue weighted by Gasteiger charge is -2.60. The maximum absolute atomic E-state index is 13.8. The highest BCUT2D eigenvalue weighted by Gasteiger charge is 2.75. The van der Waals surface area contributed by atoms with Crippen molar-refractivity contribution in [1.82, 2.24) is 0 Å². The monoisotopic (exact) mass is 645 g/mol. The van der Waals surface area contributed by atoms with Gasteiger partial charge in [-0.3, -0.25) is 9.27 Å². The molecule has 0 amide bonds. The van der Waals surface area contributed by atoms with Gasteiger partial charge in [0.25, 0.3) is 0 Å². The Hall–Kier alpha value is -1.90. The molecule has 4 N–H and O–H groups in total. The van der Waals surface area contributed by atoms with Gasteiger partial charge in [0, 0.05) is 0 Å². The highest BCUT2D eigenvalue weighted by Crippen LogP contribution is 2.69. The van der Waals surface area contributed by atoms with Crippen LogP contribution < -0.4 is 4.72 Å². The number of rotatable bonds is 11. The molecule has 2 saturated carbocycles. The number of nitrogens with one attached hydrogen (secondary N) is 1. The predicted octanol–water partition coefficient (Wildman–Crippen LogP) is 7.04. The first-order chi connectivity index (χ1) is 19.7. The van der Waals surface area contributed by atoms with Gasteiger partial charge in [-0.15, -0.1) is 6.58 Å². The van der Waals surface area contributed by atoms with Gasteiger partial charge in [0.2, 0.25) is 0 Å². The van der Waals surface area contributed by atoms with E-state index in [1.165, 1.54) is 0 Å². The highest BCUT2D eigenvalue weighted by atomic mass is 32.2. The van der Waals surface area contributed by atoms with Crippen molar-refractivity contribution in [3.63, 3.8) is 0 Å². The van der Waals surface area contributed by atoms with Crippen LogP contribution in [-0.2, 0) is 16.7 Å². The molecule has 0 heterocycles. The Bertz CT molecular complexity index is 1310. The quantitative estimate of drug-likeness (QED) is 0.0894. The van der Waals surface area contributed by atoms with E-state index in [1.54, 1.807) is 12.1 Å². The van der Waals surface area contributed by atoms with Crippen LogP contribution in [0, 0.1) is 22.7 Å². The Kier molecular flexibility index (Phi) is 9.07. The minimum Gasteiger partial charge on any atom is -0.393 e. The molecule has 0 spiro atoms. The number of hydrogen-bond acceptors (Lipinski definition) is 4. The second kappa shape index (κ2) is 11.5. The van der Waals surface area contributed by atoms with Crippen LogP contribution in [0.3, 0.4) is 0 Å². The fourth-order valence-corrected chi connectivity index (χ4v) is 8.84. The van der Waals surface area contributed by atoms with Gasteiger partial charge >= 0.3 is 28.3 Å². The molecule has 5 unspecified atom stereocenters. The van der Waals surface area contributed by atoms with E-state index in [0.29, 0.717) is 38.5 Å². The van der Waals surface area contributed by atoms with Gasteiger partial charge in [0.1, 0.15) is 6.10 Å². The van der Waals surface area contributed by atoms with Crippen LogP contribution in [0.2, 0.25) is 0 Å². The number of hydrogen-bond donors (Lipinski definition) is 4. The number of unbranched alkanes of at least 4 members (excludes halogenated alkanes) is 2. The zero-order valence-electron chi connectivity index (χ0n) is 23.7. The fraction of sp³-hybridized carbons (Fsp3) is 0.724. The van der Waals surface area contributed by atoms with Crippen molar-refractivity contribution in [2.45, 2.75) is 107 Å². The van der Waals surface area contributed by atoms with Gasteiger partial charge in [-0.1, -0.05) is 38.3 Å². The van der Waals surface area contributed by atoms with Crippen LogP contribution in [0.4, 0.5) is 36.4 Å². The largest absolute Gasteiger partial charge is 0.459 e. The molecule has 244 valence electrons. The molecule has 2 fully saturated rings.